The van der Waals surface area contributed by atoms with Gasteiger partial charge in [-0.15, -0.1) is 0 Å². The van der Waals surface area contributed by atoms with E-state index in [1.807, 2.05) is 24.3 Å². The zero-order valence-electron chi connectivity index (χ0n) is 11.3. The van der Waals surface area contributed by atoms with Gasteiger partial charge in [0.05, 0.1) is 0 Å². The molecular weight excluding hydrogens is 256 g/mol. The number of benzene rings is 1. The molecule has 2 aromatic rings. The molecule has 1 N–H and O–H groups in total. The maximum atomic E-state index is 11.8. The van der Waals surface area contributed by atoms with Crippen molar-refractivity contribution in [3.8, 4) is 0 Å². The number of carbonyl (C=O) groups is 1. The first-order valence-corrected chi connectivity index (χ1v) is 6.95. The van der Waals surface area contributed by atoms with Crippen LogP contribution in [0.25, 0.3) is 11.0 Å². The van der Waals surface area contributed by atoms with Crippen LogP contribution in [0.1, 0.15) is 12.8 Å². The van der Waals surface area contributed by atoms with Crippen LogP contribution in [0.3, 0.4) is 0 Å². The highest BCUT2D eigenvalue weighted by molar-refractivity contribution is 5.76. The quantitative estimate of drug-likeness (QED) is 0.882. The third kappa shape index (κ3) is 3.14. The van der Waals surface area contributed by atoms with Crippen LogP contribution in [0.2, 0.25) is 0 Å². The summed E-state index contributed by atoms with van der Waals surface area (Å²) >= 11 is 0. The molecule has 1 fully saturated rings. The minimum atomic E-state index is -0.0516. The molecule has 1 aromatic carbocycles. The largest absolute Gasteiger partial charge is 0.381 e. The molecule has 1 aromatic heterocycles. The van der Waals surface area contributed by atoms with Crippen LogP contribution in [-0.2, 0) is 16.1 Å². The summed E-state index contributed by atoms with van der Waals surface area (Å²) in [4.78, 5) is 13.3. The Morgan fingerprint density at radius 2 is 2.10 bits per heavy atom. The van der Waals surface area contributed by atoms with Crippen LogP contribution >= 0.6 is 0 Å². The molecule has 2 heterocycles. The molecule has 106 valence electrons. The number of hydrogen-bond acceptors (Lipinski definition) is 4. The SMILES string of the molecule is O=C(Cn1nc2ccccc2n1)NCCC1CCOC1. The van der Waals surface area contributed by atoms with Crippen LogP contribution in [0, 0.1) is 5.92 Å². The predicted octanol–water partition coefficient (Wildman–Crippen LogP) is 0.974. The lowest BCUT2D eigenvalue weighted by Gasteiger charge is -2.08. The van der Waals surface area contributed by atoms with Gasteiger partial charge in [0.25, 0.3) is 0 Å². The van der Waals surface area contributed by atoms with E-state index in [1.54, 1.807) is 0 Å². The summed E-state index contributed by atoms with van der Waals surface area (Å²) in [5, 5.41) is 11.4. The van der Waals surface area contributed by atoms with E-state index in [2.05, 4.69) is 15.5 Å². The summed E-state index contributed by atoms with van der Waals surface area (Å²) < 4.78 is 5.31. The van der Waals surface area contributed by atoms with E-state index < -0.39 is 0 Å². The number of nitrogens with one attached hydrogen (secondary N) is 1. The topological polar surface area (TPSA) is 69.0 Å². The number of ether oxygens (including phenoxy) is 1. The van der Waals surface area contributed by atoms with Crippen LogP contribution < -0.4 is 5.32 Å². The van der Waals surface area contributed by atoms with Crippen molar-refractivity contribution in [2.45, 2.75) is 19.4 Å². The molecule has 1 saturated heterocycles. The number of aromatic nitrogens is 3. The number of fused-ring (bicyclic) bond motifs is 1. The van der Waals surface area contributed by atoms with Gasteiger partial charge < -0.3 is 10.1 Å². The lowest BCUT2D eigenvalue weighted by atomic mass is 10.1. The summed E-state index contributed by atoms with van der Waals surface area (Å²) in [6.45, 7) is 2.52. The average molecular weight is 274 g/mol. The van der Waals surface area contributed by atoms with Gasteiger partial charge in [-0.25, -0.2) is 0 Å². The number of nitrogens with zero attached hydrogens (tertiary/aromatic N) is 3. The average Bonchev–Trinajstić information content (AvgIpc) is 3.06. The van der Waals surface area contributed by atoms with Crippen molar-refractivity contribution < 1.29 is 9.53 Å². The van der Waals surface area contributed by atoms with E-state index in [9.17, 15) is 4.79 Å². The molecule has 0 saturated carbocycles. The molecule has 6 heteroatoms. The highest BCUT2D eigenvalue weighted by atomic mass is 16.5. The lowest BCUT2D eigenvalue weighted by molar-refractivity contribution is -0.122. The van der Waals surface area contributed by atoms with Crippen molar-refractivity contribution in [3.05, 3.63) is 24.3 Å². The molecule has 6 nitrogen and oxygen atoms in total. The Morgan fingerprint density at radius 1 is 1.35 bits per heavy atom. The fourth-order valence-electron chi connectivity index (χ4n) is 2.39. The van der Waals surface area contributed by atoms with Gasteiger partial charge in [0.1, 0.15) is 17.6 Å². The summed E-state index contributed by atoms with van der Waals surface area (Å²) in [6.07, 6.45) is 2.07. The van der Waals surface area contributed by atoms with Gasteiger partial charge in [-0.1, -0.05) is 12.1 Å². The molecule has 0 aliphatic carbocycles. The Balaban J connectivity index is 1.48. The highest BCUT2D eigenvalue weighted by Gasteiger charge is 2.15. The molecule has 1 aliphatic rings. The van der Waals surface area contributed by atoms with Gasteiger partial charge >= 0.3 is 0 Å². The monoisotopic (exact) mass is 274 g/mol. The summed E-state index contributed by atoms with van der Waals surface area (Å²) in [5.74, 6) is 0.532. The Hall–Kier alpha value is -1.95. The van der Waals surface area contributed by atoms with E-state index in [-0.39, 0.29) is 12.5 Å². The summed E-state index contributed by atoms with van der Waals surface area (Å²) in [6, 6.07) is 7.59. The zero-order chi connectivity index (χ0) is 13.8. The Labute approximate surface area is 117 Å². The number of carbonyl (C=O) groups excluding carboxylic acids is 1. The van der Waals surface area contributed by atoms with Crippen LogP contribution in [0.5, 0.6) is 0 Å². The minimum absolute atomic E-state index is 0.0516. The Kier molecular flexibility index (Phi) is 3.92. The summed E-state index contributed by atoms with van der Waals surface area (Å²) in [5.41, 5.74) is 1.62. The molecule has 0 spiro atoms. The second-order valence-corrected chi connectivity index (χ2v) is 5.09. The van der Waals surface area contributed by atoms with E-state index in [1.165, 1.54) is 4.80 Å². The van der Waals surface area contributed by atoms with Crippen LogP contribution in [0.15, 0.2) is 24.3 Å². The van der Waals surface area contributed by atoms with Crippen molar-refractivity contribution in [1.29, 1.82) is 0 Å². The van der Waals surface area contributed by atoms with Crippen molar-refractivity contribution in [1.82, 2.24) is 20.3 Å². The van der Waals surface area contributed by atoms with Gasteiger partial charge in [0.15, 0.2) is 0 Å². The standard InChI is InChI=1S/C14H18N4O2/c19-14(15-7-5-11-6-8-20-10-11)9-18-16-12-3-1-2-4-13(12)17-18/h1-4,11H,5-10H2,(H,15,19). The van der Waals surface area contributed by atoms with Crippen molar-refractivity contribution in [3.63, 3.8) is 0 Å². The number of hydrogen-bond donors (Lipinski definition) is 1. The molecule has 3 rings (SSSR count). The van der Waals surface area contributed by atoms with E-state index in [0.717, 1.165) is 37.1 Å². The number of rotatable bonds is 5. The van der Waals surface area contributed by atoms with Crippen LogP contribution in [0.4, 0.5) is 0 Å². The molecule has 1 amide bonds. The van der Waals surface area contributed by atoms with Crippen molar-refractivity contribution >= 4 is 16.9 Å². The van der Waals surface area contributed by atoms with Gasteiger partial charge in [0.2, 0.25) is 5.91 Å². The fraction of sp³-hybridized carbons (Fsp3) is 0.500. The first-order chi connectivity index (χ1) is 9.81. The third-order valence-electron chi connectivity index (χ3n) is 3.51. The third-order valence-corrected chi connectivity index (χ3v) is 3.51. The fourth-order valence-corrected chi connectivity index (χ4v) is 2.39. The molecular formula is C14H18N4O2. The molecule has 20 heavy (non-hydrogen) atoms. The summed E-state index contributed by atoms with van der Waals surface area (Å²) in [7, 11) is 0. The second kappa shape index (κ2) is 6.00. The van der Waals surface area contributed by atoms with E-state index in [0.29, 0.717) is 12.5 Å². The lowest BCUT2D eigenvalue weighted by Crippen LogP contribution is -2.30. The maximum absolute atomic E-state index is 11.8. The number of amides is 1. The van der Waals surface area contributed by atoms with Crippen LogP contribution in [-0.4, -0.2) is 40.7 Å². The van der Waals surface area contributed by atoms with Gasteiger partial charge in [0, 0.05) is 19.8 Å². The van der Waals surface area contributed by atoms with Crippen molar-refractivity contribution in [2.24, 2.45) is 5.92 Å². The van der Waals surface area contributed by atoms with Gasteiger partial charge in [-0.3, -0.25) is 4.79 Å². The van der Waals surface area contributed by atoms with E-state index in [4.69, 9.17) is 4.74 Å². The highest BCUT2D eigenvalue weighted by Crippen LogP contribution is 2.15. The maximum Gasteiger partial charge on any atom is 0.243 e. The normalized spacial score (nSPS) is 18.5. The zero-order valence-corrected chi connectivity index (χ0v) is 11.3. The Bertz CT molecular complexity index is 557. The molecule has 1 atom stereocenters. The molecule has 1 unspecified atom stereocenters. The molecule has 1 aliphatic heterocycles. The predicted molar refractivity (Wildman–Crippen MR) is 74.1 cm³/mol. The minimum Gasteiger partial charge on any atom is -0.381 e. The molecule has 0 radical (unpaired) electrons. The first-order valence-electron chi connectivity index (χ1n) is 6.95. The first kappa shape index (κ1) is 13.1. The van der Waals surface area contributed by atoms with E-state index >= 15 is 0 Å². The molecule has 0 bridgehead atoms. The Morgan fingerprint density at radius 3 is 2.75 bits per heavy atom. The van der Waals surface area contributed by atoms with Gasteiger partial charge in [-0.2, -0.15) is 15.0 Å². The van der Waals surface area contributed by atoms with Gasteiger partial charge in [-0.05, 0) is 30.9 Å². The smallest absolute Gasteiger partial charge is 0.243 e. The second-order valence-electron chi connectivity index (χ2n) is 5.09. The van der Waals surface area contributed by atoms with Crippen molar-refractivity contribution in [2.75, 3.05) is 19.8 Å².